The third-order valence-electron chi connectivity index (χ3n) is 4.06. The first-order valence-electron chi connectivity index (χ1n) is 7.54. The first-order chi connectivity index (χ1) is 9.68. The minimum absolute atomic E-state index is 0.00971. The maximum atomic E-state index is 13.1. The zero-order chi connectivity index (χ0) is 15.7. The van der Waals surface area contributed by atoms with Crippen molar-refractivity contribution in [1.29, 1.82) is 0 Å². The lowest BCUT2D eigenvalue weighted by Gasteiger charge is -2.27. The van der Waals surface area contributed by atoms with Gasteiger partial charge in [-0.3, -0.25) is 0 Å². The molecule has 0 spiro atoms. The Labute approximate surface area is 128 Å². The van der Waals surface area contributed by atoms with Gasteiger partial charge in [-0.25, -0.2) is 4.39 Å². The highest BCUT2D eigenvalue weighted by molar-refractivity contribution is 5.32. The number of benzene rings is 2. The van der Waals surface area contributed by atoms with E-state index in [1.807, 2.05) is 12.1 Å². The van der Waals surface area contributed by atoms with Crippen LogP contribution in [0.3, 0.4) is 0 Å². The molecule has 0 saturated carbocycles. The lowest BCUT2D eigenvalue weighted by atomic mass is 9.78. The molecule has 0 fully saturated rings. The predicted molar refractivity (Wildman–Crippen MR) is 88.3 cm³/mol. The van der Waals surface area contributed by atoms with Crippen molar-refractivity contribution in [1.82, 2.24) is 0 Å². The Morgan fingerprint density at radius 2 is 1.43 bits per heavy atom. The Bertz CT molecular complexity index is 600. The minimum atomic E-state index is -0.177. The summed E-state index contributed by atoms with van der Waals surface area (Å²) in [5.74, 6) is -0.177. The summed E-state index contributed by atoms with van der Waals surface area (Å²) < 4.78 is 13.1. The van der Waals surface area contributed by atoms with Crippen LogP contribution in [0.15, 0.2) is 48.5 Å². The van der Waals surface area contributed by atoms with Gasteiger partial charge in [0.1, 0.15) is 5.82 Å². The molecule has 0 unspecified atom stereocenters. The summed E-state index contributed by atoms with van der Waals surface area (Å²) in [6, 6.07) is 15.7. The molecule has 0 bridgehead atoms. The fraction of sp³-hybridized carbons (Fsp3) is 0.400. The second-order valence-corrected chi connectivity index (χ2v) is 7.52. The van der Waals surface area contributed by atoms with E-state index in [-0.39, 0.29) is 16.6 Å². The normalized spacial score (nSPS) is 12.5. The van der Waals surface area contributed by atoms with Crippen molar-refractivity contribution in [2.24, 2.45) is 0 Å². The molecular formula is C20H25F. The predicted octanol–water partition coefficient (Wildman–Crippen LogP) is 5.64. The molecule has 0 nitrogen and oxygen atoms in total. The molecular weight excluding hydrogens is 259 g/mol. The molecule has 1 heteroatoms. The quantitative estimate of drug-likeness (QED) is 0.684. The van der Waals surface area contributed by atoms with Crippen molar-refractivity contribution in [2.45, 2.75) is 51.9 Å². The highest BCUT2D eigenvalue weighted by Crippen LogP contribution is 2.30. The summed E-state index contributed by atoms with van der Waals surface area (Å²) in [6.07, 6.45) is 0.947. The van der Waals surface area contributed by atoms with Gasteiger partial charge >= 0.3 is 0 Å². The van der Waals surface area contributed by atoms with Gasteiger partial charge in [-0.2, -0.15) is 0 Å². The van der Waals surface area contributed by atoms with E-state index in [2.05, 4.69) is 58.9 Å². The van der Waals surface area contributed by atoms with Crippen LogP contribution >= 0.6 is 0 Å². The topological polar surface area (TPSA) is 0 Å². The zero-order valence-corrected chi connectivity index (χ0v) is 13.7. The van der Waals surface area contributed by atoms with Crippen LogP contribution in [0.4, 0.5) is 4.39 Å². The molecule has 0 N–H and O–H groups in total. The Balaban J connectivity index is 2.26. The molecule has 2 rings (SSSR count). The fourth-order valence-electron chi connectivity index (χ4n) is 2.66. The molecule has 0 aliphatic heterocycles. The van der Waals surface area contributed by atoms with E-state index in [0.29, 0.717) is 0 Å². The summed E-state index contributed by atoms with van der Waals surface area (Å²) in [7, 11) is 0. The molecule has 0 aliphatic rings. The molecule has 0 aliphatic carbocycles. The minimum Gasteiger partial charge on any atom is -0.207 e. The van der Waals surface area contributed by atoms with Gasteiger partial charge in [0.2, 0.25) is 0 Å². The van der Waals surface area contributed by atoms with Crippen molar-refractivity contribution in [3.63, 3.8) is 0 Å². The van der Waals surface area contributed by atoms with E-state index >= 15 is 0 Å². The largest absolute Gasteiger partial charge is 0.207 e. The third kappa shape index (κ3) is 3.93. The van der Waals surface area contributed by atoms with E-state index in [0.717, 1.165) is 6.42 Å². The monoisotopic (exact) mass is 284 g/mol. The highest BCUT2D eigenvalue weighted by Gasteiger charge is 2.22. The van der Waals surface area contributed by atoms with Crippen molar-refractivity contribution in [2.75, 3.05) is 0 Å². The van der Waals surface area contributed by atoms with Gasteiger partial charge in [-0.15, -0.1) is 0 Å². The van der Waals surface area contributed by atoms with Gasteiger partial charge in [-0.05, 0) is 46.1 Å². The van der Waals surface area contributed by atoms with Crippen LogP contribution in [0.1, 0.15) is 51.3 Å². The SMILES string of the molecule is CC(C)(C)c1cccc(CC(C)(C)c2ccc(F)cc2)c1. The third-order valence-corrected chi connectivity index (χ3v) is 4.06. The van der Waals surface area contributed by atoms with Crippen LogP contribution in [-0.2, 0) is 17.3 Å². The van der Waals surface area contributed by atoms with Crippen LogP contribution in [0.2, 0.25) is 0 Å². The molecule has 21 heavy (non-hydrogen) atoms. The lowest BCUT2D eigenvalue weighted by molar-refractivity contribution is 0.518. The van der Waals surface area contributed by atoms with E-state index in [1.165, 1.54) is 16.7 Å². The van der Waals surface area contributed by atoms with E-state index in [9.17, 15) is 4.39 Å². The van der Waals surface area contributed by atoms with E-state index < -0.39 is 0 Å². The Morgan fingerprint density at radius 3 is 2.00 bits per heavy atom. The maximum Gasteiger partial charge on any atom is 0.123 e. The smallest absolute Gasteiger partial charge is 0.123 e. The molecule has 0 radical (unpaired) electrons. The number of hydrogen-bond acceptors (Lipinski definition) is 0. The van der Waals surface area contributed by atoms with Crippen molar-refractivity contribution in [3.05, 3.63) is 71.0 Å². The number of hydrogen-bond donors (Lipinski definition) is 0. The van der Waals surface area contributed by atoms with Crippen LogP contribution < -0.4 is 0 Å². The molecule has 0 heterocycles. The fourth-order valence-corrected chi connectivity index (χ4v) is 2.66. The second kappa shape index (κ2) is 5.63. The molecule has 0 atom stereocenters. The summed E-state index contributed by atoms with van der Waals surface area (Å²) in [6.45, 7) is 11.1. The van der Waals surface area contributed by atoms with Crippen LogP contribution in [0.5, 0.6) is 0 Å². The molecule has 0 amide bonds. The Morgan fingerprint density at radius 1 is 0.810 bits per heavy atom. The summed E-state index contributed by atoms with van der Waals surface area (Å²) >= 11 is 0. The first kappa shape index (κ1) is 15.8. The Kier molecular flexibility index (Phi) is 4.22. The van der Waals surface area contributed by atoms with Crippen molar-refractivity contribution in [3.8, 4) is 0 Å². The van der Waals surface area contributed by atoms with Gasteiger partial charge < -0.3 is 0 Å². The van der Waals surface area contributed by atoms with E-state index in [1.54, 1.807) is 12.1 Å². The standard InChI is InChI=1S/C20H25F/c1-19(2,3)17-8-6-7-15(13-17)14-20(4,5)16-9-11-18(21)12-10-16/h6-13H,14H2,1-5H3. The van der Waals surface area contributed by atoms with Gasteiger partial charge in [-0.1, -0.05) is 71.0 Å². The molecule has 0 saturated heterocycles. The van der Waals surface area contributed by atoms with Gasteiger partial charge in [0.25, 0.3) is 0 Å². The summed E-state index contributed by atoms with van der Waals surface area (Å²) in [4.78, 5) is 0. The number of rotatable bonds is 3. The van der Waals surface area contributed by atoms with Crippen LogP contribution in [0.25, 0.3) is 0 Å². The molecule has 0 aromatic heterocycles. The summed E-state index contributed by atoms with van der Waals surface area (Å²) in [5, 5.41) is 0. The van der Waals surface area contributed by atoms with Crippen molar-refractivity contribution < 1.29 is 4.39 Å². The van der Waals surface area contributed by atoms with Gasteiger partial charge in [0.05, 0.1) is 0 Å². The maximum absolute atomic E-state index is 13.1. The van der Waals surface area contributed by atoms with E-state index in [4.69, 9.17) is 0 Å². The second-order valence-electron chi connectivity index (χ2n) is 7.52. The highest BCUT2D eigenvalue weighted by atomic mass is 19.1. The number of halogens is 1. The average Bonchev–Trinajstić information content (AvgIpc) is 2.38. The molecule has 112 valence electrons. The summed E-state index contributed by atoms with van der Waals surface area (Å²) in [5.41, 5.74) is 4.01. The first-order valence-corrected chi connectivity index (χ1v) is 7.54. The van der Waals surface area contributed by atoms with Gasteiger partial charge in [0.15, 0.2) is 0 Å². The lowest BCUT2D eigenvalue weighted by Crippen LogP contribution is -2.21. The molecule has 2 aromatic carbocycles. The zero-order valence-electron chi connectivity index (χ0n) is 13.7. The average molecular weight is 284 g/mol. The molecule has 2 aromatic rings. The van der Waals surface area contributed by atoms with Crippen LogP contribution in [0, 0.1) is 5.82 Å². The van der Waals surface area contributed by atoms with Crippen molar-refractivity contribution >= 4 is 0 Å². The Hall–Kier alpha value is -1.63. The van der Waals surface area contributed by atoms with Crippen LogP contribution in [-0.4, -0.2) is 0 Å². The van der Waals surface area contributed by atoms with Gasteiger partial charge in [0, 0.05) is 0 Å².